The number of rotatable bonds is 4. The standard InChI is InChI=1S/C8H14N2O/c1-4-5-7(8(9)11)6-10(2)3/h4,6H,1,5H2,2-3H3,(H2,9,11). The third kappa shape index (κ3) is 4.19. The molecule has 2 N–H and O–H groups in total. The summed E-state index contributed by atoms with van der Waals surface area (Å²) in [6, 6.07) is 0. The van der Waals surface area contributed by atoms with Crippen molar-refractivity contribution in [2.75, 3.05) is 14.1 Å². The lowest BCUT2D eigenvalue weighted by Crippen LogP contribution is -2.16. The molecule has 0 atom stereocenters. The second kappa shape index (κ2) is 4.55. The van der Waals surface area contributed by atoms with Gasteiger partial charge in [-0.05, 0) is 6.42 Å². The Kier molecular flexibility index (Phi) is 4.03. The van der Waals surface area contributed by atoms with Crippen molar-refractivity contribution in [2.24, 2.45) is 5.73 Å². The Balaban J connectivity index is 4.32. The third-order valence-corrected chi connectivity index (χ3v) is 1.09. The minimum Gasteiger partial charge on any atom is -0.383 e. The number of nitrogens with two attached hydrogens (primary N) is 1. The Bertz CT molecular complexity index is 183. The van der Waals surface area contributed by atoms with Crippen molar-refractivity contribution >= 4 is 5.91 Å². The minimum absolute atomic E-state index is 0.390. The topological polar surface area (TPSA) is 46.3 Å². The number of nitrogens with zero attached hydrogens (tertiary/aromatic N) is 1. The van der Waals surface area contributed by atoms with E-state index in [-0.39, 0.29) is 0 Å². The van der Waals surface area contributed by atoms with Crippen molar-refractivity contribution < 1.29 is 4.79 Å². The van der Waals surface area contributed by atoms with E-state index in [4.69, 9.17) is 5.73 Å². The van der Waals surface area contributed by atoms with Crippen LogP contribution in [0.3, 0.4) is 0 Å². The van der Waals surface area contributed by atoms with E-state index in [1.807, 2.05) is 14.1 Å². The highest BCUT2D eigenvalue weighted by Crippen LogP contribution is 2.00. The molecule has 3 nitrogen and oxygen atoms in total. The number of hydrogen-bond donors (Lipinski definition) is 1. The zero-order chi connectivity index (χ0) is 8.85. The molecule has 0 unspecified atom stereocenters. The molecule has 0 heterocycles. The van der Waals surface area contributed by atoms with E-state index < -0.39 is 5.91 Å². The first kappa shape index (κ1) is 9.75. The van der Waals surface area contributed by atoms with Crippen molar-refractivity contribution in [3.8, 4) is 0 Å². The molecule has 0 aromatic rings. The first-order valence-electron chi connectivity index (χ1n) is 3.35. The van der Waals surface area contributed by atoms with Gasteiger partial charge in [0.1, 0.15) is 0 Å². The molecule has 62 valence electrons. The van der Waals surface area contributed by atoms with Crippen molar-refractivity contribution in [1.29, 1.82) is 0 Å². The highest BCUT2D eigenvalue weighted by Gasteiger charge is 2.01. The molecule has 11 heavy (non-hydrogen) atoms. The third-order valence-electron chi connectivity index (χ3n) is 1.09. The van der Waals surface area contributed by atoms with E-state index in [9.17, 15) is 4.79 Å². The molecule has 0 fully saturated rings. The van der Waals surface area contributed by atoms with Crippen LogP contribution in [0.4, 0.5) is 0 Å². The summed E-state index contributed by atoms with van der Waals surface area (Å²) >= 11 is 0. The van der Waals surface area contributed by atoms with Crippen LogP contribution in [0.5, 0.6) is 0 Å². The van der Waals surface area contributed by atoms with E-state index >= 15 is 0 Å². The SMILES string of the molecule is C=CCC(=CN(C)C)C(N)=O. The number of primary amides is 1. The Morgan fingerprint density at radius 3 is 2.45 bits per heavy atom. The smallest absolute Gasteiger partial charge is 0.246 e. The normalized spacial score (nSPS) is 10.9. The molecule has 0 rings (SSSR count). The highest BCUT2D eigenvalue weighted by atomic mass is 16.1. The lowest BCUT2D eigenvalue weighted by Gasteiger charge is -2.06. The summed E-state index contributed by atoms with van der Waals surface area (Å²) in [5.41, 5.74) is 5.66. The van der Waals surface area contributed by atoms with Crippen LogP contribution in [0.15, 0.2) is 24.4 Å². The summed E-state index contributed by atoms with van der Waals surface area (Å²) in [4.78, 5) is 12.5. The van der Waals surface area contributed by atoms with Gasteiger partial charge in [-0.3, -0.25) is 4.79 Å². The predicted octanol–water partition coefficient (Wildman–Crippen LogP) is 0.493. The molecule has 0 bridgehead atoms. The van der Waals surface area contributed by atoms with Crippen LogP contribution < -0.4 is 5.73 Å². The fourth-order valence-corrected chi connectivity index (χ4v) is 0.684. The second-order valence-corrected chi connectivity index (χ2v) is 2.47. The molecule has 0 saturated heterocycles. The molecule has 3 heteroatoms. The van der Waals surface area contributed by atoms with E-state index in [2.05, 4.69) is 6.58 Å². The average Bonchev–Trinajstić information content (AvgIpc) is 1.86. The molecule has 0 aromatic heterocycles. The first-order valence-corrected chi connectivity index (χ1v) is 3.35. The van der Waals surface area contributed by atoms with Crippen LogP contribution in [-0.4, -0.2) is 24.9 Å². The van der Waals surface area contributed by atoms with Gasteiger partial charge in [-0.15, -0.1) is 6.58 Å². The number of carbonyl (C=O) groups is 1. The van der Waals surface area contributed by atoms with Gasteiger partial charge in [0.15, 0.2) is 0 Å². The van der Waals surface area contributed by atoms with Crippen LogP contribution in [0, 0.1) is 0 Å². The maximum absolute atomic E-state index is 10.7. The number of hydrogen-bond acceptors (Lipinski definition) is 2. The monoisotopic (exact) mass is 154 g/mol. The molecule has 1 amide bonds. The van der Waals surface area contributed by atoms with Crippen LogP contribution in [0.1, 0.15) is 6.42 Å². The zero-order valence-corrected chi connectivity index (χ0v) is 7.00. The van der Waals surface area contributed by atoms with Crippen molar-refractivity contribution in [3.05, 3.63) is 24.4 Å². The Hall–Kier alpha value is -1.25. The zero-order valence-electron chi connectivity index (χ0n) is 7.00. The molecule has 0 aliphatic carbocycles. The van der Waals surface area contributed by atoms with Gasteiger partial charge in [0.05, 0.1) is 0 Å². The fraction of sp³-hybridized carbons (Fsp3) is 0.375. The van der Waals surface area contributed by atoms with E-state index in [1.165, 1.54) is 0 Å². The maximum atomic E-state index is 10.7. The average molecular weight is 154 g/mol. The molecule has 0 aliphatic rings. The van der Waals surface area contributed by atoms with Gasteiger partial charge >= 0.3 is 0 Å². The molecular formula is C8H14N2O. The van der Waals surface area contributed by atoms with Crippen molar-refractivity contribution in [1.82, 2.24) is 4.90 Å². The first-order chi connectivity index (χ1) is 5.07. The van der Waals surface area contributed by atoms with Gasteiger partial charge < -0.3 is 10.6 Å². The van der Waals surface area contributed by atoms with Crippen molar-refractivity contribution in [3.63, 3.8) is 0 Å². The van der Waals surface area contributed by atoms with Crippen LogP contribution >= 0.6 is 0 Å². The van der Waals surface area contributed by atoms with E-state index in [0.29, 0.717) is 12.0 Å². The van der Waals surface area contributed by atoms with E-state index in [0.717, 1.165) is 0 Å². The molecule has 0 aliphatic heterocycles. The van der Waals surface area contributed by atoms with Gasteiger partial charge in [0, 0.05) is 25.9 Å². The van der Waals surface area contributed by atoms with Crippen molar-refractivity contribution in [2.45, 2.75) is 6.42 Å². The number of amides is 1. The van der Waals surface area contributed by atoms with Crippen LogP contribution in [-0.2, 0) is 4.79 Å². The minimum atomic E-state index is -0.390. The molecular weight excluding hydrogens is 140 g/mol. The Labute approximate surface area is 67.2 Å². The second-order valence-electron chi connectivity index (χ2n) is 2.47. The van der Waals surface area contributed by atoms with Gasteiger partial charge in [-0.1, -0.05) is 6.08 Å². The summed E-state index contributed by atoms with van der Waals surface area (Å²) in [7, 11) is 3.68. The summed E-state index contributed by atoms with van der Waals surface area (Å²) in [6.45, 7) is 3.52. The lowest BCUT2D eigenvalue weighted by atomic mass is 10.2. The maximum Gasteiger partial charge on any atom is 0.246 e. The summed E-state index contributed by atoms with van der Waals surface area (Å²) in [5, 5.41) is 0. The predicted molar refractivity (Wildman–Crippen MR) is 45.8 cm³/mol. The fourth-order valence-electron chi connectivity index (χ4n) is 0.684. The van der Waals surface area contributed by atoms with Gasteiger partial charge in [0.2, 0.25) is 5.91 Å². The van der Waals surface area contributed by atoms with Gasteiger partial charge in [-0.25, -0.2) is 0 Å². The number of allylic oxidation sites excluding steroid dienone is 1. The summed E-state index contributed by atoms with van der Waals surface area (Å²) < 4.78 is 0. The molecule has 0 saturated carbocycles. The molecule has 0 radical (unpaired) electrons. The van der Waals surface area contributed by atoms with Gasteiger partial charge in [-0.2, -0.15) is 0 Å². The quantitative estimate of drug-likeness (QED) is 0.473. The number of carbonyl (C=O) groups excluding carboxylic acids is 1. The largest absolute Gasteiger partial charge is 0.383 e. The highest BCUT2D eigenvalue weighted by molar-refractivity contribution is 5.92. The lowest BCUT2D eigenvalue weighted by molar-refractivity contribution is -0.114. The summed E-state index contributed by atoms with van der Waals surface area (Å²) in [5.74, 6) is -0.390. The molecule has 0 spiro atoms. The summed E-state index contributed by atoms with van der Waals surface area (Å²) in [6.07, 6.45) is 3.87. The molecule has 0 aromatic carbocycles. The van der Waals surface area contributed by atoms with Crippen LogP contribution in [0.2, 0.25) is 0 Å². The Morgan fingerprint density at radius 1 is 1.64 bits per heavy atom. The van der Waals surface area contributed by atoms with Gasteiger partial charge in [0.25, 0.3) is 0 Å². The van der Waals surface area contributed by atoms with E-state index in [1.54, 1.807) is 17.2 Å². The Morgan fingerprint density at radius 2 is 2.18 bits per heavy atom. The van der Waals surface area contributed by atoms with Crippen LogP contribution in [0.25, 0.3) is 0 Å².